The number of hydrogen-bond acceptors (Lipinski definition) is 4. The minimum absolute atomic E-state index is 0.106. The van der Waals surface area contributed by atoms with Crippen molar-refractivity contribution in [2.45, 2.75) is 4.90 Å². The van der Waals surface area contributed by atoms with Gasteiger partial charge >= 0.3 is 0 Å². The van der Waals surface area contributed by atoms with Gasteiger partial charge in [0.1, 0.15) is 17.3 Å². The van der Waals surface area contributed by atoms with Gasteiger partial charge in [0.25, 0.3) is 0 Å². The first-order valence-electron chi connectivity index (χ1n) is 7.43. The first-order valence-corrected chi connectivity index (χ1v) is 8.97. The molecule has 0 atom stereocenters. The summed E-state index contributed by atoms with van der Waals surface area (Å²) >= 11 is 0. The molecule has 1 aromatic heterocycles. The Morgan fingerprint density at radius 1 is 1.00 bits per heavy atom. The summed E-state index contributed by atoms with van der Waals surface area (Å²) in [5.41, 5.74) is 0.787. The van der Waals surface area contributed by atoms with Crippen LogP contribution in [0, 0.1) is 11.6 Å². The van der Waals surface area contributed by atoms with E-state index >= 15 is 0 Å². The number of pyridine rings is 1. The van der Waals surface area contributed by atoms with Crippen molar-refractivity contribution in [3.05, 3.63) is 66.4 Å². The number of sulfonamides is 1. The third kappa shape index (κ3) is 3.42. The predicted molar refractivity (Wildman–Crippen MR) is 93.0 cm³/mol. The number of ether oxygens (including phenoxy) is 1. The number of primary sulfonamides is 1. The summed E-state index contributed by atoms with van der Waals surface area (Å²) in [6.45, 7) is 0. The van der Waals surface area contributed by atoms with E-state index in [1.165, 1.54) is 25.3 Å². The maximum atomic E-state index is 14.2. The third-order valence-electron chi connectivity index (χ3n) is 3.77. The van der Waals surface area contributed by atoms with E-state index in [0.29, 0.717) is 22.9 Å². The Labute approximate surface area is 149 Å². The first-order chi connectivity index (χ1) is 12.3. The van der Waals surface area contributed by atoms with E-state index in [2.05, 4.69) is 4.98 Å². The Balaban J connectivity index is 2.33. The van der Waals surface area contributed by atoms with Gasteiger partial charge < -0.3 is 4.74 Å². The van der Waals surface area contributed by atoms with Crippen molar-refractivity contribution in [2.75, 3.05) is 7.11 Å². The van der Waals surface area contributed by atoms with Crippen LogP contribution < -0.4 is 9.88 Å². The van der Waals surface area contributed by atoms with Crippen molar-refractivity contribution in [1.82, 2.24) is 4.98 Å². The molecule has 0 aliphatic heterocycles. The number of methoxy groups -OCH3 is 1. The number of hydrogen-bond donors (Lipinski definition) is 1. The van der Waals surface area contributed by atoms with Crippen molar-refractivity contribution >= 4 is 10.0 Å². The Bertz CT molecular complexity index is 1090. The quantitative estimate of drug-likeness (QED) is 0.757. The van der Waals surface area contributed by atoms with Gasteiger partial charge in [-0.1, -0.05) is 24.3 Å². The normalized spacial score (nSPS) is 11.4. The molecule has 0 spiro atoms. The van der Waals surface area contributed by atoms with E-state index in [1.807, 2.05) is 0 Å². The van der Waals surface area contributed by atoms with Gasteiger partial charge in [-0.3, -0.25) is 4.98 Å². The second-order valence-corrected chi connectivity index (χ2v) is 6.97. The van der Waals surface area contributed by atoms with Gasteiger partial charge in [0.05, 0.1) is 18.2 Å². The number of halogens is 2. The Hall–Kier alpha value is -2.84. The molecule has 0 saturated heterocycles. The maximum absolute atomic E-state index is 14.2. The van der Waals surface area contributed by atoms with Crippen LogP contribution in [-0.2, 0) is 10.0 Å². The largest absolute Gasteiger partial charge is 0.497 e. The van der Waals surface area contributed by atoms with Crippen LogP contribution in [0.1, 0.15) is 0 Å². The zero-order valence-corrected chi connectivity index (χ0v) is 14.4. The summed E-state index contributed by atoms with van der Waals surface area (Å²) in [6.07, 6.45) is 0.890. The van der Waals surface area contributed by atoms with Crippen LogP contribution in [0.25, 0.3) is 22.4 Å². The number of rotatable bonds is 4. The van der Waals surface area contributed by atoms with Crippen LogP contribution in [0.3, 0.4) is 0 Å². The highest BCUT2D eigenvalue weighted by Gasteiger charge is 2.20. The van der Waals surface area contributed by atoms with Crippen molar-refractivity contribution in [2.24, 2.45) is 5.14 Å². The zero-order chi connectivity index (χ0) is 18.9. The molecule has 0 aliphatic rings. The van der Waals surface area contributed by atoms with E-state index in [1.54, 1.807) is 24.3 Å². The number of nitrogens with zero attached hydrogens (tertiary/aromatic N) is 1. The van der Waals surface area contributed by atoms with Crippen LogP contribution in [-0.4, -0.2) is 20.5 Å². The van der Waals surface area contributed by atoms with Crippen molar-refractivity contribution in [1.29, 1.82) is 0 Å². The predicted octanol–water partition coefficient (Wildman–Crippen LogP) is 3.35. The molecular formula is C18H14F2N2O3S. The Kier molecular flexibility index (Phi) is 4.71. The standard InChI is InChI=1S/C18H14F2N2O3S/c1-25-12-6-7-17(26(21,23)24)15(9-12)13-4-2-3-5-14(13)18-16(20)8-11(19)10-22-18/h2-10H,1H3,(H2,21,23,24). The lowest BCUT2D eigenvalue weighted by Crippen LogP contribution is -2.13. The minimum atomic E-state index is -4.05. The molecule has 0 unspecified atom stereocenters. The molecule has 0 fully saturated rings. The summed E-state index contributed by atoms with van der Waals surface area (Å²) in [4.78, 5) is 3.66. The highest BCUT2D eigenvalue weighted by atomic mass is 32.2. The fourth-order valence-electron chi connectivity index (χ4n) is 2.63. The average Bonchev–Trinajstić information content (AvgIpc) is 2.60. The summed E-state index contributed by atoms with van der Waals surface area (Å²) in [5.74, 6) is -1.28. The molecule has 3 rings (SSSR count). The van der Waals surface area contributed by atoms with Crippen LogP contribution in [0.15, 0.2) is 59.6 Å². The van der Waals surface area contributed by atoms with Gasteiger partial charge in [0, 0.05) is 17.2 Å². The summed E-state index contributed by atoms with van der Waals surface area (Å²) < 4.78 is 56.6. The smallest absolute Gasteiger partial charge is 0.238 e. The average molecular weight is 376 g/mol. The van der Waals surface area contributed by atoms with Crippen LogP contribution in [0.4, 0.5) is 8.78 Å². The Morgan fingerprint density at radius 2 is 1.69 bits per heavy atom. The highest BCUT2D eigenvalue weighted by molar-refractivity contribution is 7.89. The second kappa shape index (κ2) is 6.81. The summed E-state index contributed by atoms with van der Waals surface area (Å²) in [7, 11) is -2.62. The van der Waals surface area contributed by atoms with Gasteiger partial charge in [-0.15, -0.1) is 0 Å². The Morgan fingerprint density at radius 3 is 2.31 bits per heavy atom. The number of benzene rings is 2. The molecule has 3 aromatic rings. The minimum Gasteiger partial charge on any atom is -0.497 e. The number of nitrogens with two attached hydrogens (primary N) is 1. The zero-order valence-electron chi connectivity index (χ0n) is 13.6. The molecule has 0 bridgehead atoms. The third-order valence-corrected chi connectivity index (χ3v) is 4.74. The highest BCUT2D eigenvalue weighted by Crippen LogP contribution is 2.37. The van der Waals surface area contributed by atoms with E-state index in [0.717, 1.165) is 6.20 Å². The van der Waals surface area contributed by atoms with Crippen molar-refractivity contribution < 1.29 is 21.9 Å². The summed E-state index contributed by atoms with van der Waals surface area (Å²) in [5, 5.41) is 5.32. The lowest BCUT2D eigenvalue weighted by molar-refractivity contribution is 0.414. The molecule has 134 valence electrons. The SMILES string of the molecule is COc1ccc(S(N)(=O)=O)c(-c2ccccc2-c2ncc(F)cc2F)c1. The van der Waals surface area contributed by atoms with Crippen LogP contribution >= 0.6 is 0 Å². The molecule has 1 heterocycles. The first kappa shape index (κ1) is 18.0. The maximum Gasteiger partial charge on any atom is 0.238 e. The fraction of sp³-hybridized carbons (Fsp3) is 0.0556. The molecule has 2 aromatic carbocycles. The van der Waals surface area contributed by atoms with Gasteiger partial charge in [-0.05, 0) is 23.8 Å². The molecule has 2 N–H and O–H groups in total. The molecule has 0 radical (unpaired) electrons. The van der Waals surface area contributed by atoms with Crippen molar-refractivity contribution in [3.63, 3.8) is 0 Å². The number of aromatic nitrogens is 1. The molecule has 0 saturated carbocycles. The van der Waals surface area contributed by atoms with Gasteiger partial charge in [-0.25, -0.2) is 22.3 Å². The fourth-order valence-corrected chi connectivity index (χ4v) is 3.37. The second-order valence-electron chi connectivity index (χ2n) is 5.44. The van der Waals surface area contributed by atoms with Crippen molar-refractivity contribution in [3.8, 4) is 28.1 Å². The molecule has 0 aliphatic carbocycles. The van der Waals surface area contributed by atoms with Crippen LogP contribution in [0.2, 0.25) is 0 Å². The summed E-state index contributed by atoms with van der Waals surface area (Å²) in [6, 6.07) is 11.4. The molecular weight excluding hydrogens is 362 g/mol. The van der Waals surface area contributed by atoms with Gasteiger partial charge in [0.15, 0.2) is 5.82 Å². The topological polar surface area (TPSA) is 82.3 Å². The monoisotopic (exact) mass is 376 g/mol. The molecule has 8 heteroatoms. The van der Waals surface area contributed by atoms with Crippen LogP contribution in [0.5, 0.6) is 5.75 Å². The lowest BCUT2D eigenvalue weighted by atomic mass is 9.97. The van der Waals surface area contributed by atoms with E-state index in [-0.39, 0.29) is 16.2 Å². The molecule has 0 amide bonds. The van der Waals surface area contributed by atoms with E-state index in [4.69, 9.17) is 9.88 Å². The lowest BCUT2D eigenvalue weighted by Gasteiger charge is -2.14. The molecule has 5 nitrogen and oxygen atoms in total. The van der Waals surface area contributed by atoms with E-state index in [9.17, 15) is 17.2 Å². The van der Waals surface area contributed by atoms with E-state index < -0.39 is 21.7 Å². The van der Waals surface area contributed by atoms with Gasteiger partial charge in [0.2, 0.25) is 10.0 Å². The molecule has 26 heavy (non-hydrogen) atoms. The van der Waals surface area contributed by atoms with Gasteiger partial charge in [-0.2, -0.15) is 0 Å².